The van der Waals surface area contributed by atoms with E-state index in [1.54, 1.807) is 0 Å². The third-order valence-corrected chi connectivity index (χ3v) is 2.96. The van der Waals surface area contributed by atoms with Crippen molar-refractivity contribution < 1.29 is 14.3 Å². The van der Waals surface area contributed by atoms with Crippen LogP contribution in [0.2, 0.25) is 0 Å². The lowest BCUT2D eigenvalue weighted by Crippen LogP contribution is -2.45. The highest BCUT2D eigenvalue weighted by molar-refractivity contribution is 5.84. The van der Waals surface area contributed by atoms with Crippen LogP contribution < -0.4 is 16.4 Å². The maximum Gasteiger partial charge on any atom is 0.408 e. The van der Waals surface area contributed by atoms with Gasteiger partial charge >= 0.3 is 6.09 Å². The van der Waals surface area contributed by atoms with Crippen molar-refractivity contribution in [1.82, 2.24) is 5.32 Å². The molecule has 0 aromatic heterocycles. The molecule has 0 saturated heterocycles. The normalized spacial score (nSPS) is 11.8. The molecule has 1 atom stereocenters. The van der Waals surface area contributed by atoms with Crippen LogP contribution in [0.5, 0.6) is 0 Å². The molecule has 0 unspecified atom stereocenters. The number of hydrogen-bond acceptors (Lipinski definition) is 4. The lowest BCUT2D eigenvalue weighted by Gasteiger charge is -2.17. The number of amides is 2. The molecule has 6 nitrogen and oxygen atoms in total. The summed E-state index contributed by atoms with van der Waals surface area (Å²) in [5.74, 6) is -0.309. The third-order valence-electron chi connectivity index (χ3n) is 2.96. The number of alkyl carbamates (subject to hydrolysis) is 1. The number of carbonyl (C=O) groups is 2. The van der Waals surface area contributed by atoms with E-state index in [1.807, 2.05) is 45.2 Å². The molecule has 0 saturated carbocycles. The molecule has 1 aromatic rings. The fourth-order valence-corrected chi connectivity index (χ4v) is 1.82. The Morgan fingerprint density at radius 2 is 1.86 bits per heavy atom. The second-order valence-corrected chi connectivity index (χ2v) is 5.25. The topological polar surface area (TPSA) is 93.4 Å². The molecule has 1 rings (SSSR count). The molecule has 0 radical (unpaired) electrons. The van der Waals surface area contributed by atoms with Gasteiger partial charge in [0.25, 0.3) is 0 Å². The first-order chi connectivity index (χ1) is 9.92. The van der Waals surface area contributed by atoms with Crippen LogP contribution in [0.15, 0.2) is 24.3 Å². The van der Waals surface area contributed by atoms with E-state index in [-0.39, 0.29) is 12.5 Å². The van der Waals surface area contributed by atoms with Gasteiger partial charge < -0.3 is 21.1 Å². The van der Waals surface area contributed by atoms with Crippen LogP contribution in [0.3, 0.4) is 0 Å². The summed E-state index contributed by atoms with van der Waals surface area (Å²) < 4.78 is 5.09. The van der Waals surface area contributed by atoms with Crippen molar-refractivity contribution in [2.75, 3.05) is 12.4 Å². The zero-order valence-corrected chi connectivity index (χ0v) is 12.7. The van der Waals surface area contributed by atoms with Crippen LogP contribution in [0.1, 0.15) is 25.8 Å². The van der Waals surface area contributed by atoms with E-state index in [0.717, 1.165) is 11.3 Å². The molecule has 21 heavy (non-hydrogen) atoms. The molecule has 0 spiro atoms. The summed E-state index contributed by atoms with van der Waals surface area (Å²) >= 11 is 0. The Kier molecular flexibility index (Phi) is 6.52. The van der Waals surface area contributed by atoms with Crippen LogP contribution in [0.25, 0.3) is 0 Å². The number of carbonyl (C=O) groups excluding carboxylic acids is 2. The fourth-order valence-electron chi connectivity index (χ4n) is 1.82. The highest BCUT2D eigenvalue weighted by Crippen LogP contribution is 2.10. The van der Waals surface area contributed by atoms with Gasteiger partial charge in [0.15, 0.2) is 0 Å². The summed E-state index contributed by atoms with van der Waals surface area (Å²) in [6.07, 6.45) is -0.154. The Morgan fingerprint density at radius 1 is 1.24 bits per heavy atom. The molecule has 0 fully saturated rings. The van der Waals surface area contributed by atoms with E-state index in [2.05, 4.69) is 10.6 Å². The minimum Gasteiger partial charge on any atom is -0.445 e. The van der Waals surface area contributed by atoms with Crippen LogP contribution >= 0.6 is 0 Å². The van der Waals surface area contributed by atoms with Gasteiger partial charge in [-0.25, -0.2) is 4.79 Å². The lowest BCUT2D eigenvalue weighted by molar-refractivity contribution is -0.120. The van der Waals surface area contributed by atoms with E-state index in [9.17, 15) is 9.59 Å². The summed E-state index contributed by atoms with van der Waals surface area (Å²) in [5.41, 5.74) is 7.10. The minimum atomic E-state index is -0.704. The Hall–Kier alpha value is -2.24. The van der Waals surface area contributed by atoms with Crippen molar-refractivity contribution >= 4 is 17.7 Å². The van der Waals surface area contributed by atoms with Gasteiger partial charge in [-0.05, 0) is 30.0 Å². The zero-order valence-electron chi connectivity index (χ0n) is 12.7. The van der Waals surface area contributed by atoms with E-state index < -0.39 is 18.0 Å². The van der Waals surface area contributed by atoms with Crippen LogP contribution in [0.4, 0.5) is 10.5 Å². The molecular formula is C15H23N3O3. The molecule has 1 aromatic carbocycles. The number of nitrogens with two attached hydrogens (primary N) is 1. The zero-order chi connectivity index (χ0) is 15.8. The number of ether oxygens (including phenoxy) is 1. The number of benzene rings is 1. The fraction of sp³-hybridized carbons (Fsp3) is 0.467. The Labute approximate surface area is 125 Å². The maximum absolute atomic E-state index is 11.7. The van der Waals surface area contributed by atoms with Crippen molar-refractivity contribution in [1.29, 1.82) is 0 Å². The van der Waals surface area contributed by atoms with E-state index in [1.165, 1.54) is 0 Å². The molecule has 0 aliphatic heterocycles. The first-order valence-electron chi connectivity index (χ1n) is 6.91. The summed E-state index contributed by atoms with van der Waals surface area (Å²) in [6.45, 7) is 4.04. The summed E-state index contributed by atoms with van der Waals surface area (Å²) in [4.78, 5) is 22.9. The number of hydrogen-bond donors (Lipinski definition) is 3. The molecule has 116 valence electrons. The number of nitrogens with one attached hydrogen (secondary N) is 2. The van der Waals surface area contributed by atoms with Crippen molar-refractivity contribution in [2.45, 2.75) is 32.9 Å². The second kappa shape index (κ2) is 8.14. The van der Waals surface area contributed by atoms with Crippen LogP contribution in [-0.4, -0.2) is 25.1 Å². The SMILES string of the molecule is CNc1ccc(COC(=O)N[C@H](CC(C)C)C(N)=O)cc1. The summed E-state index contributed by atoms with van der Waals surface area (Å²) in [7, 11) is 1.83. The summed E-state index contributed by atoms with van der Waals surface area (Å²) in [6, 6.07) is 6.80. The van der Waals surface area contributed by atoms with Gasteiger partial charge in [0.2, 0.25) is 5.91 Å². The predicted octanol–water partition coefficient (Wildman–Crippen LogP) is 1.85. The van der Waals surface area contributed by atoms with Crippen LogP contribution in [0, 0.1) is 5.92 Å². The monoisotopic (exact) mass is 293 g/mol. The largest absolute Gasteiger partial charge is 0.445 e. The molecule has 0 aliphatic carbocycles. The highest BCUT2D eigenvalue weighted by Gasteiger charge is 2.19. The molecular weight excluding hydrogens is 270 g/mol. The van der Waals surface area contributed by atoms with Gasteiger partial charge in [0.1, 0.15) is 12.6 Å². The van der Waals surface area contributed by atoms with Crippen molar-refractivity contribution in [3.05, 3.63) is 29.8 Å². The molecule has 4 N–H and O–H groups in total. The molecule has 0 bridgehead atoms. The van der Waals surface area contributed by atoms with Gasteiger partial charge in [0, 0.05) is 12.7 Å². The quantitative estimate of drug-likeness (QED) is 0.715. The van der Waals surface area contributed by atoms with E-state index in [0.29, 0.717) is 6.42 Å². The average Bonchev–Trinajstić information content (AvgIpc) is 2.44. The van der Waals surface area contributed by atoms with Gasteiger partial charge in [0.05, 0.1) is 0 Å². The number of rotatable bonds is 7. The van der Waals surface area contributed by atoms with Crippen molar-refractivity contribution in [3.8, 4) is 0 Å². The van der Waals surface area contributed by atoms with Gasteiger partial charge in [-0.3, -0.25) is 4.79 Å². The third kappa shape index (κ3) is 6.16. The molecule has 0 heterocycles. The average molecular weight is 293 g/mol. The molecule has 0 aliphatic rings. The van der Waals surface area contributed by atoms with Crippen LogP contribution in [-0.2, 0) is 16.1 Å². The first kappa shape index (κ1) is 16.8. The molecule has 2 amide bonds. The Morgan fingerprint density at radius 3 is 2.33 bits per heavy atom. The highest BCUT2D eigenvalue weighted by atomic mass is 16.5. The summed E-state index contributed by atoms with van der Waals surface area (Å²) in [5, 5.41) is 5.50. The number of anilines is 1. The second-order valence-electron chi connectivity index (χ2n) is 5.25. The molecule has 6 heteroatoms. The maximum atomic E-state index is 11.7. The van der Waals surface area contributed by atoms with E-state index in [4.69, 9.17) is 10.5 Å². The van der Waals surface area contributed by atoms with Gasteiger partial charge in [-0.2, -0.15) is 0 Å². The standard InChI is InChI=1S/C15H23N3O3/c1-10(2)8-13(14(16)19)18-15(20)21-9-11-4-6-12(17-3)7-5-11/h4-7,10,13,17H,8-9H2,1-3H3,(H2,16,19)(H,18,20)/t13-/m1/s1. The predicted molar refractivity (Wildman–Crippen MR) is 81.7 cm³/mol. The van der Waals surface area contributed by atoms with Crippen molar-refractivity contribution in [3.63, 3.8) is 0 Å². The van der Waals surface area contributed by atoms with E-state index >= 15 is 0 Å². The minimum absolute atomic E-state index is 0.142. The first-order valence-corrected chi connectivity index (χ1v) is 6.91. The van der Waals surface area contributed by atoms with Gasteiger partial charge in [-0.1, -0.05) is 26.0 Å². The van der Waals surface area contributed by atoms with Gasteiger partial charge in [-0.15, -0.1) is 0 Å². The smallest absolute Gasteiger partial charge is 0.408 e. The van der Waals surface area contributed by atoms with Crippen molar-refractivity contribution in [2.24, 2.45) is 11.7 Å². The Balaban J connectivity index is 2.46. The number of primary amides is 1. The lowest BCUT2D eigenvalue weighted by atomic mass is 10.0. The Bertz CT molecular complexity index is 472.